The van der Waals surface area contributed by atoms with Gasteiger partial charge in [0.1, 0.15) is 0 Å². The molecule has 0 aliphatic rings. The lowest BCUT2D eigenvalue weighted by Crippen LogP contribution is -2.25. The largest absolute Gasteiger partial charge is 0.380 e. The topological polar surface area (TPSA) is 24.9 Å². The molecule has 0 radical (unpaired) electrons. The second-order valence-corrected chi connectivity index (χ2v) is 5.55. The minimum atomic E-state index is 0.0840. The molecule has 1 N–H and O–H groups in total. The maximum Gasteiger partial charge on any atom is 0.0811 e. The van der Waals surface area contributed by atoms with Gasteiger partial charge < -0.3 is 5.32 Å². The number of aromatic nitrogens is 1. The average Bonchev–Trinajstić information content (AvgIpc) is 2.68. The van der Waals surface area contributed by atoms with Gasteiger partial charge in [-0.05, 0) is 32.9 Å². The molecule has 0 bridgehead atoms. The zero-order valence-electron chi connectivity index (χ0n) is 9.82. The van der Waals surface area contributed by atoms with Gasteiger partial charge in [-0.1, -0.05) is 12.1 Å². The smallest absolute Gasteiger partial charge is 0.0811 e. The number of hydrogen-bond acceptors (Lipinski definition) is 3. The molecular weight excluding hydrogens is 216 g/mol. The Hall–Kier alpha value is -1.35. The first kappa shape index (κ1) is 11.1. The summed E-state index contributed by atoms with van der Waals surface area (Å²) in [5.41, 5.74) is 5.29. The Morgan fingerprint density at radius 1 is 1.25 bits per heavy atom. The van der Waals surface area contributed by atoms with Crippen LogP contribution in [0.1, 0.15) is 20.8 Å². The Bertz CT molecular complexity index is 455. The number of rotatable bonds is 2. The van der Waals surface area contributed by atoms with Gasteiger partial charge in [0.2, 0.25) is 0 Å². The maximum atomic E-state index is 4.31. The van der Waals surface area contributed by atoms with Gasteiger partial charge in [0.15, 0.2) is 0 Å². The molecule has 0 aliphatic carbocycles. The lowest BCUT2D eigenvalue weighted by atomic mass is 10.1. The van der Waals surface area contributed by atoms with Crippen LogP contribution in [0.25, 0.3) is 11.3 Å². The number of hydrogen-bond donors (Lipinski definition) is 1. The molecule has 2 rings (SSSR count). The van der Waals surface area contributed by atoms with Crippen LogP contribution in [-0.4, -0.2) is 10.5 Å². The summed E-state index contributed by atoms with van der Waals surface area (Å²) < 4.78 is 0. The van der Waals surface area contributed by atoms with E-state index >= 15 is 0 Å². The van der Waals surface area contributed by atoms with Crippen molar-refractivity contribution in [1.82, 2.24) is 4.98 Å². The molecule has 0 unspecified atom stereocenters. The lowest BCUT2D eigenvalue weighted by molar-refractivity contribution is 0.634. The van der Waals surface area contributed by atoms with Crippen LogP contribution in [0, 0.1) is 0 Å². The summed E-state index contributed by atoms with van der Waals surface area (Å²) in [6.45, 7) is 6.47. The number of anilines is 1. The summed E-state index contributed by atoms with van der Waals surface area (Å²) in [6.07, 6.45) is 0. The Labute approximate surface area is 100 Å². The first-order chi connectivity index (χ1) is 7.54. The third-order valence-electron chi connectivity index (χ3n) is 2.11. The van der Waals surface area contributed by atoms with Crippen molar-refractivity contribution < 1.29 is 0 Å². The summed E-state index contributed by atoms with van der Waals surface area (Å²) in [6, 6.07) is 8.37. The summed E-state index contributed by atoms with van der Waals surface area (Å²) in [5.74, 6) is 0. The molecule has 84 valence electrons. The zero-order chi connectivity index (χ0) is 11.6. The van der Waals surface area contributed by atoms with Gasteiger partial charge in [0, 0.05) is 22.2 Å². The summed E-state index contributed by atoms with van der Waals surface area (Å²) in [4.78, 5) is 4.31. The number of nitrogens with zero attached hydrogens (tertiary/aromatic N) is 1. The summed E-state index contributed by atoms with van der Waals surface area (Å²) >= 11 is 1.62. The quantitative estimate of drug-likeness (QED) is 0.846. The van der Waals surface area contributed by atoms with Crippen molar-refractivity contribution in [2.75, 3.05) is 5.32 Å². The van der Waals surface area contributed by atoms with Gasteiger partial charge in [-0.25, -0.2) is 4.98 Å². The van der Waals surface area contributed by atoms with Gasteiger partial charge in [0.05, 0.1) is 11.2 Å². The molecule has 0 saturated carbocycles. The fraction of sp³-hybridized carbons (Fsp3) is 0.308. The normalized spacial score (nSPS) is 11.4. The van der Waals surface area contributed by atoms with E-state index in [1.807, 2.05) is 5.51 Å². The monoisotopic (exact) mass is 232 g/mol. The van der Waals surface area contributed by atoms with Crippen molar-refractivity contribution in [3.63, 3.8) is 0 Å². The van der Waals surface area contributed by atoms with E-state index in [1.165, 1.54) is 0 Å². The van der Waals surface area contributed by atoms with Crippen molar-refractivity contribution in [3.05, 3.63) is 35.2 Å². The van der Waals surface area contributed by atoms with Crippen LogP contribution in [0.3, 0.4) is 0 Å². The minimum Gasteiger partial charge on any atom is -0.380 e. The molecule has 1 aromatic carbocycles. The van der Waals surface area contributed by atoms with Gasteiger partial charge >= 0.3 is 0 Å². The first-order valence-corrected chi connectivity index (χ1v) is 6.26. The van der Waals surface area contributed by atoms with Crippen LogP contribution >= 0.6 is 11.3 Å². The Morgan fingerprint density at radius 3 is 2.69 bits per heavy atom. The molecule has 0 fully saturated rings. The van der Waals surface area contributed by atoms with E-state index in [2.05, 4.69) is 60.7 Å². The second-order valence-electron chi connectivity index (χ2n) is 4.83. The van der Waals surface area contributed by atoms with Crippen LogP contribution in [0.4, 0.5) is 5.69 Å². The Kier molecular flexibility index (Phi) is 2.97. The van der Waals surface area contributed by atoms with E-state index < -0.39 is 0 Å². The maximum absolute atomic E-state index is 4.31. The highest BCUT2D eigenvalue weighted by Gasteiger charge is 2.09. The van der Waals surface area contributed by atoms with Gasteiger partial charge in [-0.15, -0.1) is 11.3 Å². The van der Waals surface area contributed by atoms with E-state index in [-0.39, 0.29) is 5.54 Å². The molecule has 16 heavy (non-hydrogen) atoms. The lowest BCUT2D eigenvalue weighted by Gasteiger charge is -2.22. The highest BCUT2D eigenvalue weighted by atomic mass is 32.1. The van der Waals surface area contributed by atoms with Crippen molar-refractivity contribution >= 4 is 17.0 Å². The van der Waals surface area contributed by atoms with E-state index in [1.54, 1.807) is 11.3 Å². The molecule has 0 aliphatic heterocycles. The average molecular weight is 232 g/mol. The molecule has 2 aromatic rings. The van der Waals surface area contributed by atoms with E-state index in [0.29, 0.717) is 0 Å². The molecule has 0 amide bonds. The highest BCUT2D eigenvalue weighted by molar-refractivity contribution is 7.07. The Morgan fingerprint density at radius 2 is 2.06 bits per heavy atom. The molecule has 0 saturated heterocycles. The van der Waals surface area contributed by atoms with Crippen LogP contribution in [0.15, 0.2) is 35.2 Å². The number of thiazole rings is 1. The third-order valence-corrected chi connectivity index (χ3v) is 2.70. The van der Waals surface area contributed by atoms with Gasteiger partial charge in [-0.2, -0.15) is 0 Å². The van der Waals surface area contributed by atoms with Crippen molar-refractivity contribution in [3.8, 4) is 11.3 Å². The molecule has 3 heteroatoms. The van der Waals surface area contributed by atoms with Crippen molar-refractivity contribution in [2.24, 2.45) is 0 Å². The van der Waals surface area contributed by atoms with Crippen LogP contribution in [0.2, 0.25) is 0 Å². The summed E-state index contributed by atoms with van der Waals surface area (Å²) in [5, 5.41) is 5.52. The second kappa shape index (κ2) is 4.26. The van der Waals surface area contributed by atoms with E-state index in [4.69, 9.17) is 0 Å². The molecule has 1 heterocycles. The number of benzene rings is 1. The minimum absolute atomic E-state index is 0.0840. The molecule has 1 aromatic heterocycles. The fourth-order valence-electron chi connectivity index (χ4n) is 1.54. The predicted octanol–water partition coefficient (Wildman–Crippen LogP) is 4.02. The van der Waals surface area contributed by atoms with Crippen molar-refractivity contribution in [2.45, 2.75) is 26.3 Å². The van der Waals surface area contributed by atoms with E-state index in [9.17, 15) is 0 Å². The highest BCUT2D eigenvalue weighted by Crippen LogP contribution is 2.23. The van der Waals surface area contributed by atoms with Gasteiger partial charge in [0.25, 0.3) is 0 Å². The van der Waals surface area contributed by atoms with Crippen LogP contribution in [-0.2, 0) is 0 Å². The predicted molar refractivity (Wildman–Crippen MR) is 70.9 cm³/mol. The third kappa shape index (κ3) is 2.83. The van der Waals surface area contributed by atoms with Crippen LogP contribution < -0.4 is 5.32 Å². The fourth-order valence-corrected chi connectivity index (χ4v) is 2.11. The van der Waals surface area contributed by atoms with Gasteiger partial charge in [-0.3, -0.25) is 0 Å². The SMILES string of the molecule is CC(C)(C)Nc1cccc(-c2cscn2)c1. The standard InChI is InChI=1S/C13H16N2S/c1-13(2,3)15-11-6-4-5-10(7-11)12-8-16-9-14-12/h4-9,15H,1-3H3. The zero-order valence-corrected chi connectivity index (χ0v) is 10.6. The molecule has 0 atom stereocenters. The Balaban J connectivity index is 2.27. The van der Waals surface area contributed by atoms with E-state index in [0.717, 1.165) is 16.9 Å². The first-order valence-electron chi connectivity index (χ1n) is 5.31. The van der Waals surface area contributed by atoms with Crippen molar-refractivity contribution in [1.29, 1.82) is 0 Å². The number of nitrogens with one attached hydrogen (secondary N) is 1. The molecule has 2 nitrogen and oxygen atoms in total. The van der Waals surface area contributed by atoms with Crippen LogP contribution in [0.5, 0.6) is 0 Å². The molecule has 0 spiro atoms. The molecular formula is C13H16N2S. The summed E-state index contributed by atoms with van der Waals surface area (Å²) in [7, 11) is 0.